The molecular formula is C23H20FN3O2. The molecule has 2 heterocycles. The summed E-state index contributed by atoms with van der Waals surface area (Å²) in [5, 5.41) is 0.623. The Morgan fingerprint density at radius 2 is 1.69 bits per heavy atom. The molecule has 2 aromatic carbocycles. The Bertz CT molecular complexity index is 1360. The number of pyridine rings is 1. The highest BCUT2D eigenvalue weighted by Crippen LogP contribution is 2.32. The van der Waals surface area contributed by atoms with Crippen molar-refractivity contribution in [1.29, 1.82) is 0 Å². The number of hydrogen-bond acceptors (Lipinski definition) is 3. The van der Waals surface area contributed by atoms with Crippen LogP contribution < -0.4 is 11.0 Å². The number of aryl methyl sites for hydroxylation is 1. The maximum Gasteiger partial charge on any atom is 0.267 e. The predicted octanol–water partition coefficient (Wildman–Crippen LogP) is 4.17. The molecule has 6 heteroatoms. The van der Waals surface area contributed by atoms with Crippen molar-refractivity contribution in [3.8, 4) is 11.4 Å². The zero-order chi connectivity index (χ0) is 20.1. The van der Waals surface area contributed by atoms with Gasteiger partial charge in [-0.1, -0.05) is 25.0 Å². The first-order valence-electron chi connectivity index (χ1n) is 9.86. The van der Waals surface area contributed by atoms with Gasteiger partial charge in [-0.25, -0.2) is 9.37 Å². The number of benzene rings is 2. The number of fused-ring (bicyclic) bond motifs is 2. The fourth-order valence-electron chi connectivity index (χ4n) is 4.47. The molecule has 4 aromatic rings. The molecule has 2 aromatic heterocycles. The van der Waals surface area contributed by atoms with Crippen LogP contribution in [0.25, 0.3) is 33.3 Å². The largest absolute Gasteiger partial charge is 0.328 e. The number of halogens is 1. The van der Waals surface area contributed by atoms with Crippen LogP contribution in [-0.4, -0.2) is 14.1 Å². The van der Waals surface area contributed by atoms with Crippen LogP contribution >= 0.6 is 0 Å². The Hall–Kier alpha value is -3.28. The van der Waals surface area contributed by atoms with Crippen LogP contribution in [0.5, 0.6) is 0 Å². The monoisotopic (exact) mass is 389 g/mol. The molecule has 1 aliphatic carbocycles. The molecule has 1 saturated carbocycles. The molecule has 0 amide bonds. The smallest absolute Gasteiger partial charge is 0.267 e. The number of hydrogen-bond donors (Lipinski definition) is 0. The third-order valence-corrected chi connectivity index (χ3v) is 5.94. The molecule has 1 aliphatic rings. The van der Waals surface area contributed by atoms with Gasteiger partial charge in [-0.3, -0.25) is 14.2 Å². The minimum absolute atomic E-state index is 0.00405. The number of aromatic nitrogens is 3. The second kappa shape index (κ2) is 6.65. The SMILES string of the molecule is Cn1c2ccccc2c(=O)c2c(=O)n(C3CCCC3)c(-c3ccc(F)cc3)nc21. The van der Waals surface area contributed by atoms with E-state index in [1.54, 1.807) is 33.4 Å². The first kappa shape index (κ1) is 17.8. The summed E-state index contributed by atoms with van der Waals surface area (Å²) in [6.07, 6.45) is 3.81. The van der Waals surface area contributed by atoms with Gasteiger partial charge in [0.15, 0.2) is 5.65 Å². The van der Waals surface area contributed by atoms with E-state index in [0.29, 0.717) is 22.4 Å². The Labute approximate surface area is 166 Å². The molecule has 5 rings (SSSR count). The lowest BCUT2D eigenvalue weighted by atomic mass is 10.1. The van der Waals surface area contributed by atoms with Crippen LogP contribution in [0.3, 0.4) is 0 Å². The van der Waals surface area contributed by atoms with Gasteiger partial charge in [-0.2, -0.15) is 0 Å². The molecule has 0 radical (unpaired) electrons. The zero-order valence-corrected chi connectivity index (χ0v) is 16.1. The van der Waals surface area contributed by atoms with E-state index >= 15 is 0 Å². The third kappa shape index (κ3) is 2.70. The van der Waals surface area contributed by atoms with E-state index in [2.05, 4.69) is 0 Å². The normalized spacial score (nSPS) is 14.8. The molecule has 0 saturated heterocycles. The highest BCUT2D eigenvalue weighted by atomic mass is 19.1. The molecule has 146 valence electrons. The van der Waals surface area contributed by atoms with Gasteiger partial charge in [0.25, 0.3) is 5.56 Å². The lowest BCUT2D eigenvalue weighted by Gasteiger charge is -2.20. The highest BCUT2D eigenvalue weighted by Gasteiger charge is 2.25. The van der Waals surface area contributed by atoms with Crippen molar-refractivity contribution in [2.45, 2.75) is 31.7 Å². The summed E-state index contributed by atoms with van der Waals surface area (Å²) in [6, 6.07) is 13.2. The quantitative estimate of drug-likeness (QED) is 0.484. The van der Waals surface area contributed by atoms with Crippen LogP contribution in [0, 0.1) is 5.82 Å². The second-order valence-corrected chi connectivity index (χ2v) is 7.66. The summed E-state index contributed by atoms with van der Waals surface area (Å²) >= 11 is 0. The standard InChI is InChI=1S/C23H20FN3O2/c1-26-18-9-5-4-8-17(18)20(28)19-22(26)25-21(14-10-12-15(24)13-11-14)27(23(19)29)16-6-2-3-7-16/h4-5,8-13,16H,2-3,6-7H2,1H3. The summed E-state index contributed by atoms with van der Waals surface area (Å²) in [5.74, 6) is 0.141. The Kier molecular flexibility index (Phi) is 4.08. The maximum atomic E-state index is 13.6. The van der Waals surface area contributed by atoms with Crippen molar-refractivity contribution in [3.63, 3.8) is 0 Å². The average Bonchev–Trinajstić information content (AvgIpc) is 3.26. The van der Waals surface area contributed by atoms with Crippen molar-refractivity contribution in [2.75, 3.05) is 0 Å². The predicted molar refractivity (Wildman–Crippen MR) is 112 cm³/mol. The van der Waals surface area contributed by atoms with Gasteiger partial charge in [-0.05, 0) is 49.2 Å². The summed E-state index contributed by atoms with van der Waals surface area (Å²) in [4.78, 5) is 31.6. The third-order valence-electron chi connectivity index (χ3n) is 5.94. The molecule has 0 atom stereocenters. The van der Waals surface area contributed by atoms with Gasteiger partial charge in [0, 0.05) is 24.0 Å². The van der Waals surface area contributed by atoms with Crippen LogP contribution in [0.2, 0.25) is 0 Å². The zero-order valence-electron chi connectivity index (χ0n) is 16.1. The molecule has 0 bridgehead atoms. The highest BCUT2D eigenvalue weighted by molar-refractivity contribution is 5.91. The Morgan fingerprint density at radius 3 is 2.41 bits per heavy atom. The van der Waals surface area contributed by atoms with E-state index < -0.39 is 0 Å². The number of rotatable bonds is 2. The van der Waals surface area contributed by atoms with Crippen LogP contribution in [0.1, 0.15) is 31.7 Å². The summed E-state index contributed by atoms with van der Waals surface area (Å²) in [7, 11) is 1.81. The fourth-order valence-corrected chi connectivity index (χ4v) is 4.47. The maximum absolute atomic E-state index is 13.6. The van der Waals surface area contributed by atoms with E-state index in [0.717, 1.165) is 31.2 Å². The number of para-hydroxylation sites is 1. The van der Waals surface area contributed by atoms with Gasteiger partial charge >= 0.3 is 0 Å². The van der Waals surface area contributed by atoms with Crippen molar-refractivity contribution in [3.05, 3.63) is 74.9 Å². The van der Waals surface area contributed by atoms with Crippen molar-refractivity contribution < 1.29 is 4.39 Å². The lowest BCUT2D eigenvalue weighted by Crippen LogP contribution is -2.31. The van der Waals surface area contributed by atoms with E-state index in [1.165, 1.54) is 12.1 Å². The van der Waals surface area contributed by atoms with Gasteiger partial charge in [0.05, 0.1) is 5.52 Å². The minimum Gasteiger partial charge on any atom is -0.328 e. The number of nitrogens with zero attached hydrogens (tertiary/aromatic N) is 3. The minimum atomic E-state index is -0.345. The summed E-state index contributed by atoms with van der Waals surface area (Å²) < 4.78 is 16.9. The van der Waals surface area contributed by atoms with Crippen molar-refractivity contribution in [1.82, 2.24) is 14.1 Å². The van der Waals surface area contributed by atoms with Gasteiger partial charge < -0.3 is 4.57 Å². The Morgan fingerprint density at radius 1 is 1.00 bits per heavy atom. The molecule has 29 heavy (non-hydrogen) atoms. The molecule has 1 fully saturated rings. The molecule has 0 aliphatic heterocycles. The summed E-state index contributed by atoms with van der Waals surface area (Å²) in [5.41, 5.74) is 1.14. The molecule has 5 nitrogen and oxygen atoms in total. The first-order chi connectivity index (χ1) is 14.1. The van der Waals surface area contributed by atoms with Crippen LogP contribution in [-0.2, 0) is 7.05 Å². The summed E-state index contributed by atoms with van der Waals surface area (Å²) in [6.45, 7) is 0. The van der Waals surface area contributed by atoms with Crippen LogP contribution in [0.15, 0.2) is 58.1 Å². The van der Waals surface area contributed by atoms with Gasteiger partial charge in [-0.15, -0.1) is 0 Å². The molecule has 0 N–H and O–H groups in total. The lowest BCUT2D eigenvalue weighted by molar-refractivity contribution is 0.504. The van der Waals surface area contributed by atoms with E-state index in [4.69, 9.17) is 4.98 Å². The van der Waals surface area contributed by atoms with Crippen molar-refractivity contribution >= 4 is 21.9 Å². The van der Waals surface area contributed by atoms with Gasteiger partial charge in [0.2, 0.25) is 5.43 Å². The van der Waals surface area contributed by atoms with Gasteiger partial charge in [0.1, 0.15) is 17.0 Å². The molecule has 0 unspecified atom stereocenters. The first-order valence-corrected chi connectivity index (χ1v) is 9.86. The average molecular weight is 389 g/mol. The molecular weight excluding hydrogens is 369 g/mol. The van der Waals surface area contributed by atoms with E-state index in [1.807, 2.05) is 19.2 Å². The fraction of sp³-hybridized carbons (Fsp3) is 0.261. The topological polar surface area (TPSA) is 56.9 Å². The second-order valence-electron chi connectivity index (χ2n) is 7.66. The Balaban J connectivity index is 1.95. The van der Waals surface area contributed by atoms with Crippen molar-refractivity contribution in [2.24, 2.45) is 7.05 Å². The van der Waals surface area contributed by atoms with E-state index in [9.17, 15) is 14.0 Å². The van der Waals surface area contributed by atoms with Crippen LogP contribution in [0.4, 0.5) is 4.39 Å². The van der Waals surface area contributed by atoms with E-state index in [-0.39, 0.29) is 28.2 Å². The molecule has 0 spiro atoms.